The summed E-state index contributed by atoms with van der Waals surface area (Å²) in [4.78, 5) is 1.62. The Kier molecular flexibility index (Phi) is 4.54. The van der Waals surface area contributed by atoms with E-state index in [9.17, 15) is 13.0 Å². The highest BCUT2D eigenvalue weighted by atomic mass is 35.6. The quantitative estimate of drug-likeness (QED) is 0.378. The van der Waals surface area contributed by atoms with Gasteiger partial charge in [-0.2, -0.15) is 8.42 Å². The van der Waals surface area contributed by atoms with E-state index in [0.29, 0.717) is 5.56 Å². The average Bonchev–Trinajstić information content (AvgIpc) is 3.01. The summed E-state index contributed by atoms with van der Waals surface area (Å²) in [5.74, 6) is 0. The molecule has 1 fully saturated rings. The Hall–Kier alpha value is 0.250. The van der Waals surface area contributed by atoms with Crippen molar-refractivity contribution in [2.24, 2.45) is 0 Å². The lowest BCUT2D eigenvalue weighted by atomic mass is 9.95. The molecule has 1 aromatic carbocycles. The molecular formula is C11H11Cl4NO3S. The van der Waals surface area contributed by atoms with Crippen molar-refractivity contribution in [1.82, 2.24) is 4.90 Å². The Bertz CT molecular complexity index is 589. The van der Waals surface area contributed by atoms with Crippen LogP contribution in [-0.2, 0) is 15.7 Å². The van der Waals surface area contributed by atoms with Gasteiger partial charge in [-0.05, 0) is 5.56 Å². The fourth-order valence-corrected chi connectivity index (χ4v) is 5.53. The molecule has 0 saturated carbocycles. The smallest absolute Gasteiger partial charge is 0.274 e. The summed E-state index contributed by atoms with van der Waals surface area (Å²) in [5.41, 5.74) is -0.517. The predicted octanol–water partition coefficient (Wildman–Crippen LogP) is 3.02. The molecule has 0 amide bonds. The van der Waals surface area contributed by atoms with Gasteiger partial charge in [0.1, 0.15) is 0 Å². The van der Waals surface area contributed by atoms with Gasteiger partial charge < -0.3 is 0 Å². The van der Waals surface area contributed by atoms with Crippen molar-refractivity contribution >= 4 is 56.5 Å². The van der Waals surface area contributed by atoms with Gasteiger partial charge in [0, 0.05) is 6.54 Å². The molecule has 1 aromatic rings. The second-order valence-corrected chi connectivity index (χ2v) is 8.65. The average molecular weight is 379 g/mol. The van der Waals surface area contributed by atoms with Gasteiger partial charge in [0.2, 0.25) is 3.79 Å². The molecule has 20 heavy (non-hydrogen) atoms. The Morgan fingerprint density at radius 2 is 1.85 bits per heavy atom. The highest BCUT2D eigenvalue weighted by Gasteiger charge is 2.68. The fourth-order valence-electron chi connectivity index (χ4n) is 2.49. The second kappa shape index (κ2) is 5.47. The Morgan fingerprint density at radius 3 is 2.20 bits per heavy atom. The molecule has 4 nitrogen and oxygen atoms in total. The van der Waals surface area contributed by atoms with Gasteiger partial charge in [-0.3, -0.25) is 9.45 Å². The molecule has 112 valence electrons. The van der Waals surface area contributed by atoms with E-state index in [1.54, 1.807) is 35.2 Å². The lowest BCUT2D eigenvalue weighted by Crippen LogP contribution is -2.47. The molecule has 1 N–H and O–H groups in total. The van der Waals surface area contributed by atoms with E-state index in [0.717, 1.165) is 0 Å². The Labute approximate surface area is 137 Å². The summed E-state index contributed by atoms with van der Waals surface area (Å²) in [6.07, 6.45) is 0. The molecular weight excluding hydrogens is 368 g/mol. The van der Waals surface area contributed by atoms with Gasteiger partial charge >= 0.3 is 0 Å². The normalized spacial score (nSPS) is 28.1. The first-order valence-electron chi connectivity index (χ1n) is 5.53. The molecule has 3 atom stereocenters. The topological polar surface area (TPSA) is 57.4 Å². The summed E-state index contributed by atoms with van der Waals surface area (Å²) in [7, 11) is -4.61. The van der Waals surface area contributed by atoms with Crippen LogP contribution < -0.4 is 0 Å². The van der Waals surface area contributed by atoms with Crippen LogP contribution in [0.25, 0.3) is 0 Å². The van der Waals surface area contributed by atoms with E-state index in [-0.39, 0.29) is 12.5 Å². The van der Waals surface area contributed by atoms with Crippen LogP contribution in [0.4, 0.5) is 0 Å². The third-order valence-electron chi connectivity index (χ3n) is 3.34. The highest BCUT2D eigenvalue weighted by Crippen LogP contribution is 2.54. The molecule has 1 saturated heterocycles. The number of hydrogen-bond acceptors (Lipinski definition) is 3. The van der Waals surface area contributed by atoms with Crippen LogP contribution in [0.2, 0.25) is 0 Å². The minimum absolute atomic E-state index is 0.0572. The van der Waals surface area contributed by atoms with E-state index in [1.807, 2.05) is 0 Å². The van der Waals surface area contributed by atoms with Crippen molar-refractivity contribution in [3.05, 3.63) is 35.9 Å². The maximum Gasteiger partial charge on any atom is 0.274 e. The third-order valence-corrected chi connectivity index (χ3v) is 6.01. The monoisotopic (exact) mass is 377 g/mol. The summed E-state index contributed by atoms with van der Waals surface area (Å²) in [5, 5.41) is -1.63. The molecule has 1 heterocycles. The van der Waals surface area contributed by atoms with Gasteiger partial charge in [0.05, 0.1) is 11.5 Å². The van der Waals surface area contributed by atoms with Gasteiger partial charge in [0.15, 0.2) is 5.25 Å². The van der Waals surface area contributed by atoms with Crippen molar-refractivity contribution in [2.45, 2.75) is 14.6 Å². The summed E-state index contributed by atoms with van der Waals surface area (Å²) < 4.78 is 30.8. The van der Waals surface area contributed by atoms with Gasteiger partial charge in [-0.15, -0.1) is 11.6 Å². The van der Waals surface area contributed by atoms with Gasteiger partial charge in [-0.25, -0.2) is 0 Å². The van der Waals surface area contributed by atoms with Crippen molar-refractivity contribution in [1.29, 1.82) is 0 Å². The number of hydrogen-bond donors (Lipinski definition) is 1. The molecule has 0 aromatic heterocycles. The molecule has 1 aliphatic heterocycles. The fraction of sp³-hybridized carbons (Fsp3) is 0.455. The zero-order valence-electron chi connectivity index (χ0n) is 10.0. The maximum absolute atomic E-state index is 11.7. The minimum atomic E-state index is -4.61. The highest BCUT2D eigenvalue weighted by molar-refractivity contribution is 7.86. The SMILES string of the molecule is O=S(=O)(O)C(C(Cl)(Cl)Cl)C1(c2ccccc2)CN1CCl. The standard InChI is InChI=1S/C11H11Cl4NO3S/c12-7-16-6-10(16,8-4-2-1-3-5-8)9(11(13,14)15)20(17,18)19/h1-5,9H,6-7H2,(H,17,18,19). The number of nitrogens with zero attached hydrogens (tertiary/aromatic N) is 1. The third kappa shape index (κ3) is 2.90. The van der Waals surface area contributed by atoms with E-state index < -0.39 is 24.7 Å². The van der Waals surface area contributed by atoms with E-state index in [2.05, 4.69) is 0 Å². The molecule has 9 heteroatoms. The second-order valence-electron chi connectivity index (χ2n) is 4.54. The van der Waals surface area contributed by atoms with Crippen LogP contribution in [0.1, 0.15) is 5.56 Å². The minimum Gasteiger partial charge on any atom is -0.285 e. The van der Waals surface area contributed by atoms with Crippen LogP contribution in [0, 0.1) is 0 Å². The first-order valence-corrected chi connectivity index (χ1v) is 8.71. The predicted molar refractivity (Wildman–Crippen MR) is 81.2 cm³/mol. The molecule has 0 aliphatic carbocycles. The Balaban J connectivity index is 2.59. The number of halogens is 4. The zero-order valence-corrected chi connectivity index (χ0v) is 13.8. The largest absolute Gasteiger partial charge is 0.285 e. The molecule has 0 spiro atoms. The zero-order chi connectivity index (χ0) is 15.2. The lowest BCUT2D eigenvalue weighted by Gasteiger charge is -2.30. The van der Waals surface area contributed by atoms with Crippen LogP contribution in [0.15, 0.2) is 30.3 Å². The van der Waals surface area contributed by atoms with E-state index in [4.69, 9.17) is 46.4 Å². The van der Waals surface area contributed by atoms with E-state index >= 15 is 0 Å². The van der Waals surface area contributed by atoms with Crippen molar-refractivity contribution < 1.29 is 13.0 Å². The molecule has 2 rings (SSSR count). The van der Waals surface area contributed by atoms with E-state index in [1.165, 1.54) is 0 Å². The van der Waals surface area contributed by atoms with Crippen LogP contribution in [-0.4, -0.2) is 39.5 Å². The molecule has 1 aliphatic rings. The number of benzene rings is 1. The van der Waals surface area contributed by atoms with Crippen molar-refractivity contribution in [3.8, 4) is 0 Å². The van der Waals surface area contributed by atoms with Crippen LogP contribution in [0.5, 0.6) is 0 Å². The lowest BCUT2D eigenvalue weighted by molar-refractivity contribution is 0.397. The van der Waals surface area contributed by atoms with Crippen molar-refractivity contribution in [2.75, 3.05) is 12.5 Å². The molecule has 0 radical (unpaired) electrons. The summed E-state index contributed by atoms with van der Waals surface area (Å²) >= 11 is 23.2. The van der Waals surface area contributed by atoms with Gasteiger partial charge in [-0.1, -0.05) is 65.1 Å². The Morgan fingerprint density at radius 1 is 1.30 bits per heavy atom. The molecule has 0 bridgehead atoms. The number of rotatable bonds is 4. The van der Waals surface area contributed by atoms with Crippen LogP contribution in [0.3, 0.4) is 0 Å². The summed E-state index contributed by atoms with van der Waals surface area (Å²) in [6, 6.07) is 8.73. The van der Waals surface area contributed by atoms with Crippen LogP contribution >= 0.6 is 46.4 Å². The first-order chi connectivity index (χ1) is 9.14. The first kappa shape index (κ1) is 16.6. The number of alkyl halides is 4. The van der Waals surface area contributed by atoms with Crippen molar-refractivity contribution in [3.63, 3.8) is 0 Å². The maximum atomic E-state index is 11.7. The summed E-state index contributed by atoms with van der Waals surface area (Å²) in [6.45, 7) is 0.277. The van der Waals surface area contributed by atoms with Gasteiger partial charge in [0.25, 0.3) is 10.1 Å². The molecule has 3 unspecified atom stereocenters.